The zero-order chi connectivity index (χ0) is 14.0. The highest BCUT2D eigenvalue weighted by Crippen LogP contribution is 2.28. The first kappa shape index (κ1) is 14.0. The van der Waals surface area contributed by atoms with Crippen LogP contribution in [-0.2, 0) is 10.0 Å². The average Bonchev–Trinajstić information content (AvgIpc) is 2.38. The summed E-state index contributed by atoms with van der Waals surface area (Å²) in [6, 6.07) is 8.14. The number of rotatable bonds is 2. The molecule has 1 aliphatic heterocycles. The monoisotopic (exact) mass is 278 g/mol. The summed E-state index contributed by atoms with van der Waals surface area (Å²) in [5, 5.41) is 8.74. The quantitative estimate of drug-likeness (QED) is 0.834. The molecule has 1 fully saturated rings. The third-order valence-corrected chi connectivity index (χ3v) is 5.70. The number of hydrogen-bond acceptors (Lipinski definition) is 3. The third-order valence-electron chi connectivity index (χ3n) is 3.67. The van der Waals surface area contributed by atoms with Crippen LogP contribution in [0.4, 0.5) is 0 Å². The van der Waals surface area contributed by atoms with Crippen molar-refractivity contribution in [3.8, 4) is 6.07 Å². The summed E-state index contributed by atoms with van der Waals surface area (Å²) in [6.45, 7) is 4.68. The first-order valence-corrected chi connectivity index (χ1v) is 7.91. The molecule has 1 aromatic rings. The summed E-state index contributed by atoms with van der Waals surface area (Å²) in [5.74, 6) is 0.572. The Balaban J connectivity index is 2.29. The molecule has 1 aromatic carbocycles. The zero-order valence-corrected chi connectivity index (χ0v) is 12.0. The van der Waals surface area contributed by atoms with E-state index >= 15 is 0 Å². The first-order chi connectivity index (χ1) is 8.95. The molecule has 0 aliphatic carbocycles. The van der Waals surface area contributed by atoms with Crippen LogP contribution < -0.4 is 0 Å². The van der Waals surface area contributed by atoms with E-state index in [0.29, 0.717) is 18.0 Å². The lowest BCUT2D eigenvalue weighted by Gasteiger charge is -2.35. The van der Waals surface area contributed by atoms with Gasteiger partial charge < -0.3 is 0 Å². The SMILES string of the molecule is CC1CCN(S(=O)(=O)c2ccc(C#N)cc2)C(C)C1. The van der Waals surface area contributed by atoms with E-state index in [-0.39, 0.29) is 10.9 Å². The lowest BCUT2D eigenvalue weighted by atomic mass is 9.95. The molecular formula is C14H18N2O2S. The smallest absolute Gasteiger partial charge is 0.207 e. The van der Waals surface area contributed by atoms with Crippen molar-refractivity contribution in [3.63, 3.8) is 0 Å². The van der Waals surface area contributed by atoms with Gasteiger partial charge in [-0.25, -0.2) is 8.42 Å². The number of benzene rings is 1. The minimum atomic E-state index is -3.44. The molecule has 1 saturated heterocycles. The van der Waals surface area contributed by atoms with Crippen molar-refractivity contribution in [1.82, 2.24) is 4.31 Å². The highest BCUT2D eigenvalue weighted by atomic mass is 32.2. The normalized spacial score (nSPS) is 24.9. The Hall–Kier alpha value is -1.38. The number of sulfonamides is 1. The van der Waals surface area contributed by atoms with Crippen molar-refractivity contribution in [2.75, 3.05) is 6.54 Å². The first-order valence-electron chi connectivity index (χ1n) is 6.47. The van der Waals surface area contributed by atoms with E-state index in [2.05, 4.69) is 6.92 Å². The Labute approximate surface area is 114 Å². The average molecular weight is 278 g/mol. The van der Waals surface area contributed by atoms with Crippen molar-refractivity contribution in [2.24, 2.45) is 5.92 Å². The lowest BCUT2D eigenvalue weighted by Crippen LogP contribution is -2.44. The molecule has 1 heterocycles. The van der Waals surface area contributed by atoms with Gasteiger partial charge >= 0.3 is 0 Å². The van der Waals surface area contributed by atoms with E-state index in [1.165, 1.54) is 12.1 Å². The molecule has 0 N–H and O–H groups in total. The second-order valence-corrected chi connectivity index (χ2v) is 7.12. The molecule has 0 bridgehead atoms. The molecule has 4 nitrogen and oxygen atoms in total. The molecule has 2 unspecified atom stereocenters. The Bertz CT molecular complexity index is 587. The summed E-state index contributed by atoms with van der Waals surface area (Å²) in [7, 11) is -3.44. The van der Waals surface area contributed by atoms with Crippen molar-refractivity contribution >= 4 is 10.0 Å². The molecule has 0 amide bonds. The molecule has 2 rings (SSSR count). The van der Waals surface area contributed by atoms with Gasteiger partial charge in [-0.3, -0.25) is 0 Å². The maximum Gasteiger partial charge on any atom is 0.243 e. The van der Waals surface area contributed by atoms with Crippen molar-refractivity contribution in [3.05, 3.63) is 29.8 Å². The van der Waals surface area contributed by atoms with Gasteiger partial charge in [0.05, 0.1) is 16.5 Å². The van der Waals surface area contributed by atoms with Crippen molar-refractivity contribution in [2.45, 2.75) is 37.6 Å². The van der Waals surface area contributed by atoms with Crippen LogP contribution in [0.1, 0.15) is 32.3 Å². The summed E-state index contributed by atoms with van der Waals surface area (Å²) >= 11 is 0. The highest BCUT2D eigenvalue weighted by Gasteiger charge is 2.32. The maximum atomic E-state index is 12.5. The fourth-order valence-electron chi connectivity index (χ4n) is 2.58. The van der Waals surface area contributed by atoms with E-state index in [4.69, 9.17) is 5.26 Å². The van der Waals surface area contributed by atoms with E-state index < -0.39 is 10.0 Å². The molecule has 19 heavy (non-hydrogen) atoms. The lowest BCUT2D eigenvalue weighted by molar-refractivity contribution is 0.220. The van der Waals surface area contributed by atoms with Crippen LogP contribution in [0.25, 0.3) is 0 Å². The fourth-order valence-corrected chi connectivity index (χ4v) is 4.24. The second-order valence-electron chi connectivity index (χ2n) is 5.23. The molecular weight excluding hydrogens is 260 g/mol. The van der Waals surface area contributed by atoms with E-state index in [1.807, 2.05) is 13.0 Å². The summed E-state index contributed by atoms with van der Waals surface area (Å²) in [5.41, 5.74) is 0.472. The number of hydrogen-bond donors (Lipinski definition) is 0. The Kier molecular flexibility index (Phi) is 3.93. The summed E-state index contributed by atoms with van der Waals surface area (Å²) < 4.78 is 26.7. The van der Waals surface area contributed by atoms with Crippen LogP contribution in [-0.4, -0.2) is 25.3 Å². The molecule has 0 aromatic heterocycles. The standard InChI is InChI=1S/C14H18N2O2S/c1-11-7-8-16(12(2)9-11)19(17,18)14-5-3-13(10-15)4-6-14/h3-6,11-12H,7-9H2,1-2H3. The van der Waals surface area contributed by atoms with Gasteiger partial charge in [0.1, 0.15) is 0 Å². The number of nitriles is 1. The van der Waals surface area contributed by atoms with E-state index in [1.54, 1.807) is 16.4 Å². The van der Waals surface area contributed by atoms with Gasteiger partial charge in [-0.05, 0) is 49.9 Å². The zero-order valence-electron chi connectivity index (χ0n) is 11.2. The molecule has 2 atom stereocenters. The second kappa shape index (κ2) is 5.32. The minimum absolute atomic E-state index is 0.0318. The van der Waals surface area contributed by atoms with Gasteiger partial charge in [0.25, 0.3) is 0 Å². The van der Waals surface area contributed by atoms with Crippen LogP contribution in [0.2, 0.25) is 0 Å². The Morgan fingerprint density at radius 2 is 1.89 bits per heavy atom. The third kappa shape index (κ3) is 2.80. The van der Waals surface area contributed by atoms with Gasteiger partial charge in [0.15, 0.2) is 0 Å². The van der Waals surface area contributed by atoms with Gasteiger partial charge in [-0.15, -0.1) is 0 Å². The summed E-state index contributed by atoms with van der Waals surface area (Å²) in [6.07, 6.45) is 1.80. The minimum Gasteiger partial charge on any atom is -0.207 e. The number of piperidine rings is 1. The van der Waals surface area contributed by atoms with Crippen molar-refractivity contribution in [1.29, 1.82) is 5.26 Å². The van der Waals surface area contributed by atoms with Crippen LogP contribution in [0.5, 0.6) is 0 Å². The maximum absolute atomic E-state index is 12.5. The van der Waals surface area contributed by atoms with Crippen LogP contribution >= 0.6 is 0 Å². The predicted octanol–water partition coefficient (Wildman–Crippen LogP) is 2.37. The molecule has 5 heteroatoms. The van der Waals surface area contributed by atoms with Gasteiger partial charge in [-0.1, -0.05) is 6.92 Å². The number of nitrogens with zero attached hydrogens (tertiary/aromatic N) is 2. The Morgan fingerprint density at radius 1 is 1.26 bits per heavy atom. The van der Waals surface area contributed by atoms with E-state index in [9.17, 15) is 8.42 Å². The van der Waals surface area contributed by atoms with Crippen LogP contribution in [0.15, 0.2) is 29.2 Å². The molecule has 0 radical (unpaired) electrons. The van der Waals surface area contributed by atoms with Gasteiger partial charge in [0, 0.05) is 12.6 Å². The predicted molar refractivity (Wildman–Crippen MR) is 72.9 cm³/mol. The molecule has 0 saturated carbocycles. The van der Waals surface area contributed by atoms with E-state index in [0.717, 1.165) is 12.8 Å². The van der Waals surface area contributed by atoms with Crippen LogP contribution in [0.3, 0.4) is 0 Å². The fraction of sp³-hybridized carbons (Fsp3) is 0.500. The van der Waals surface area contributed by atoms with Gasteiger partial charge in [-0.2, -0.15) is 9.57 Å². The van der Waals surface area contributed by atoms with Crippen molar-refractivity contribution < 1.29 is 8.42 Å². The Morgan fingerprint density at radius 3 is 2.42 bits per heavy atom. The molecule has 102 valence electrons. The largest absolute Gasteiger partial charge is 0.243 e. The van der Waals surface area contributed by atoms with Gasteiger partial charge in [0.2, 0.25) is 10.0 Å². The summed E-state index contributed by atoms with van der Waals surface area (Å²) in [4.78, 5) is 0.271. The van der Waals surface area contributed by atoms with Crippen LogP contribution in [0, 0.1) is 17.2 Å². The molecule has 0 spiro atoms. The highest BCUT2D eigenvalue weighted by molar-refractivity contribution is 7.89. The topological polar surface area (TPSA) is 61.2 Å². The molecule has 1 aliphatic rings.